The fourth-order valence-electron chi connectivity index (χ4n) is 3.43. The maximum atomic E-state index is 13.1. The Bertz CT molecular complexity index is 932. The lowest BCUT2D eigenvalue weighted by Gasteiger charge is -2.33. The van der Waals surface area contributed by atoms with E-state index < -0.39 is 0 Å². The Morgan fingerprint density at radius 3 is 2.81 bits per heavy atom. The van der Waals surface area contributed by atoms with E-state index in [2.05, 4.69) is 9.97 Å². The number of aromatic nitrogens is 2. The molecule has 1 aliphatic rings. The number of hydrogen-bond acceptors (Lipinski definition) is 5. The van der Waals surface area contributed by atoms with Crippen LogP contribution in [0.2, 0.25) is 0 Å². The molecule has 0 bridgehead atoms. The Labute approximate surface area is 156 Å². The van der Waals surface area contributed by atoms with Crippen LogP contribution in [0.15, 0.2) is 45.7 Å². The molecule has 1 aliphatic heterocycles. The first-order valence-electron chi connectivity index (χ1n) is 9.02. The second kappa shape index (κ2) is 7.34. The molecule has 1 unspecified atom stereocenters. The Hall–Kier alpha value is -2.96. The van der Waals surface area contributed by atoms with Crippen molar-refractivity contribution >= 4 is 5.91 Å². The lowest BCUT2D eigenvalue weighted by Crippen LogP contribution is -2.38. The summed E-state index contributed by atoms with van der Waals surface area (Å²) in [5, 5.41) is 0. The molecule has 27 heavy (non-hydrogen) atoms. The van der Waals surface area contributed by atoms with E-state index in [-0.39, 0.29) is 23.5 Å². The van der Waals surface area contributed by atoms with Gasteiger partial charge in [-0.3, -0.25) is 4.79 Å². The number of carbonyl (C=O) groups is 1. The smallest absolute Gasteiger partial charge is 0.292 e. The molecule has 140 valence electrons. The van der Waals surface area contributed by atoms with Gasteiger partial charge >= 0.3 is 0 Å². The quantitative estimate of drug-likeness (QED) is 0.693. The van der Waals surface area contributed by atoms with Gasteiger partial charge in [-0.15, -0.1) is 0 Å². The zero-order chi connectivity index (χ0) is 18.8. The van der Waals surface area contributed by atoms with Gasteiger partial charge in [0.25, 0.3) is 5.91 Å². The van der Waals surface area contributed by atoms with Crippen molar-refractivity contribution in [1.82, 2.24) is 14.9 Å². The lowest BCUT2D eigenvalue weighted by molar-refractivity contribution is 0.0537. The van der Waals surface area contributed by atoms with Gasteiger partial charge in [0.15, 0.2) is 6.39 Å². The van der Waals surface area contributed by atoms with Crippen LogP contribution in [0.4, 0.5) is 4.39 Å². The summed E-state index contributed by atoms with van der Waals surface area (Å²) in [4.78, 5) is 23.1. The van der Waals surface area contributed by atoms with Gasteiger partial charge < -0.3 is 13.7 Å². The number of carbonyl (C=O) groups excluding carboxylic acids is 1. The minimum Gasteiger partial charge on any atom is -0.443 e. The van der Waals surface area contributed by atoms with Gasteiger partial charge in [-0.1, -0.05) is 12.1 Å². The zero-order valence-corrected chi connectivity index (χ0v) is 15.0. The van der Waals surface area contributed by atoms with Crippen molar-refractivity contribution in [3.63, 3.8) is 0 Å². The highest BCUT2D eigenvalue weighted by Crippen LogP contribution is 2.32. The Morgan fingerprint density at radius 1 is 1.26 bits per heavy atom. The van der Waals surface area contributed by atoms with Crippen molar-refractivity contribution in [3.05, 3.63) is 71.3 Å². The Morgan fingerprint density at radius 2 is 2.07 bits per heavy atom. The molecule has 0 saturated carbocycles. The molecule has 1 saturated heterocycles. The molecule has 0 radical (unpaired) electrons. The van der Waals surface area contributed by atoms with Gasteiger partial charge in [-0.05, 0) is 43.9 Å². The second-order valence-corrected chi connectivity index (χ2v) is 6.75. The van der Waals surface area contributed by atoms with E-state index in [1.807, 2.05) is 0 Å². The largest absolute Gasteiger partial charge is 0.443 e. The summed E-state index contributed by atoms with van der Waals surface area (Å²) >= 11 is 0. The first kappa shape index (κ1) is 17.5. The zero-order valence-electron chi connectivity index (χ0n) is 15.0. The van der Waals surface area contributed by atoms with Crippen LogP contribution >= 0.6 is 0 Å². The molecule has 7 heteroatoms. The standard InChI is InChI=1S/C20H20FN3O3/c1-13-18(26-12-23-13)20(25)24-9-3-2-4-17(24)19-22-11-16(27-19)10-14-5-7-15(21)8-6-14/h5-8,11-12,17H,2-4,9-10H2,1H3. The van der Waals surface area contributed by atoms with Gasteiger partial charge in [0, 0.05) is 13.0 Å². The van der Waals surface area contributed by atoms with E-state index in [9.17, 15) is 9.18 Å². The maximum absolute atomic E-state index is 13.1. The van der Waals surface area contributed by atoms with Crippen LogP contribution in [0.1, 0.15) is 58.8 Å². The van der Waals surface area contributed by atoms with Gasteiger partial charge in [0.1, 0.15) is 17.6 Å². The van der Waals surface area contributed by atoms with Crippen LogP contribution in [-0.2, 0) is 6.42 Å². The molecule has 3 aromatic rings. The minimum atomic E-state index is -0.268. The number of rotatable bonds is 4. The van der Waals surface area contributed by atoms with E-state index in [1.54, 1.807) is 30.2 Å². The van der Waals surface area contributed by atoms with Crippen molar-refractivity contribution in [2.75, 3.05) is 6.54 Å². The summed E-state index contributed by atoms with van der Waals surface area (Å²) in [6.07, 6.45) is 6.20. The van der Waals surface area contributed by atoms with E-state index in [4.69, 9.17) is 8.83 Å². The van der Waals surface area contributed by atoms with Crippen molar-refractivity contribution in [3.8, 4) is 0 Å². The third-order valence-electron chi connectivity index (χ3n) is 4.85. The van der Waals surface area contributed by atoms with E-state index in [0.717, 1.165) is 24.8 Å². The molecular formula is C20H20FN3O3. The van der Waals surface area contributed by atoms with E-state index in [0.29, 0.717) is 30.3 Å². The molecule has 1 aromatic carbocycles. The SMILES string of the molecule is Cc1ncoc1C(=O)N1CCCCC1c1ncc(Cc2ccc(F)cc2)o1. The number of oxazole rings is 2. The number of likely N-dealkylation sites (tertiary alicyclic amines) is 1. The third kappa shape index (κ3) is 3.63. The molecule has 0 N–H and O–H groups in total. The number of hydrogen-bond donors (Lipinski definition) is 0. The molecular weight excluding hydrogens is 349 g/mol. The molecule has 4 rings (SSSR count). The second-order valence-electron chi connectivity index (χ2n) is 6.75. The molecule has 1 fully saturated rings. The minimum absolute atomic E-state index is 0.187. The van der Waals surface area contributed by atoms with Gasteiger partial charge in [-0.25, -0.2) is 14.4 Å². The van der Waals surface area contributed by atoms with Crippen molar-refractivity contribution in [2.45, 2.75) is 38.6 Å². The number of nitrogens with zero attached hydrogens (tertiary/aromatic N) is 3. The lowest BCUT2D eigenvalue weighted by atomic mass is 10.0. The summed E-state index contributed by atoms with van der Waals surface area (Å²) in [5.74, 6) is 1.02. The van der Waals surface area contributed by atoms with Gasteiger partial charge in [0.05, 0.1) is 11.9 Å². The summed E-state index contributed by atoms with van der Waals surface area (Å²) in [7, 11) is 0. The van der Waals surface area contributed by atoms with Crippen molar-refractivity contribution in [2.24, 2.45) is 0 Å². The predicted molar refractivity (Wildman–Crippen MR) is 94.6 cm³/mol. The van der Waals surface area contributed by atoms with Crippen molar-refractivity contribution in [1.29, 1.82) is 0 Å². The molecule has 3 heterocycles. The van der Waals surface area contributed by atoms with Gasteiger partial charge in [-0.2, -0.15) is 0 Å². The molecule has 1 atom stereocenters. The molecule has 0 spiro atoms. The van der Waals surface area contributed by atoms with E-state index in [1.165, 1.54) is 18.5 Å². The van der Waals surface area contributed by atoms with Crippen LogP contribution in [0, 0.1) is 12.7 Å². The summed E-state index contributed by atoms with van der Waals surface area (Å²) in [6, 6.07) is 6.07. The normalized spacial score (nSPS) is 17.3. The average molecular weight is 369 g/mol. The van der Waals surface area contributed by atoms with E-state index >= 15 is 0 Å². The summed E-state index contributed by atoms with van der Waals surface area (Å²) in [6.45, 7) is 2.38. The number of aryl methyl sites for hydroxylation is 1. The molecule has 2 aromatic heterocycles. The first-order chi connectivity index (χ1) is 13.1. The van der Waals surface area contributed by atoms with Crippen LogP contribution in [0.25, 0.3) is 0 Å². The Kier molecular flexibility index (Phi) is 4.75. The number of piperidine rings is 1. The highest BCUT2D eigenvalue weighted by molar-refractivity contribution is 5.92. The fourth-order valence-corrected chi connectivity index (χ4v) is 3.43. The predicted octanol–water partition coefficient (Wildman–Crippen LogP) is 4.07. The highest BCUT2D eigenvalue weighted by atomic mass is 19.1. The fraction of sp³-hybridized carbons (Fsp3) is 0.350. The number of amides is 1. The van der Waals surface area contributed by atoms with Crippen molar-refractivity contribution < 1.29 is 18.0 Å². The van der Waals surface area contributed by atoms with Crippen LogP contribution in [0.3, 0.4) is 0 Å². The Balaban J connectivity index is 1.54. The summed E-state index contributed by atoms with van der Waals surface area (Å²) < 4.78 is 24.3. The van der Waals surface area contributed by atoms with Crippen LogP contribution in [0.5, 0.6) is 0 Å². The van der Waals surface area contributed by atoms with Crippen LogP contribution in [-0.4, -0.2) is 27.3 Å². The molecule has 6 nitrogen and oxygen atoms in total. The highest BCUT2D eigenvalue weighted by Gasteiger charge is 2.34. The molecule has 0 aliphatic carbocycles. The number of benzene rings is 1. The molecule has 1 amide bonds. The topological polar surface area (TPSA) is 72.4 Å². The van der Waals surface area contributed by atoms with Crippen LogP contribution < -0.4 is 0 Å². The average Bonchev–Trinajstić information content (AvgIpc) is 3.32. The summed E-state index contributed by atoms with van der Waals surface area (Å²) in [5.41, 5.74) is 1.52. The third-order valence-corrected chi connectivity index (χ3v) is 4.85. The first-order valence-corrected chi connectivity index (χ1v) is 9.02. The van der Waals surface area contributed by atoms with Gasteiger partial charge in [0.2, 0.25) is 11.7 Å². The monoisotopic (exact) mass is 369 g/mol. The maximum Gasteiger partial charge on any atom is 0.292 e. The number of halogens is 1.